The molecule has 1 N–H and O–H groups in total. The average molecular weight is 251 g/mol. The van der Waals surface area contributed by atoms with Crippen LogP contribution in [0.4, 0.5) is 0 Å². The molecule has 0 aliphatic heterocycles. The van der Waals surface area contributed by atoms with Gasteiger partial charge in [0, 0.05) is 30.6 Å². The van der Waals surface area contributed by atoms with Crippen LogP contribution in [0.25, 0.3) is 0 Å². The second kappa shape index (κ2) is 6.25. The fourth-order valence-corrected chi connectivity index (χ4v) is 1.75. The third kappa shape index (κ3) is 3.50. The lowest BCUT2D eigenvalue weighted by Gasteiger charge is -2.23. The van der Waals surface area contributed by atoms with Crippen molar-refractivity contribution in [1.29, 1.82) is 0 Å². The van der Waals surface area contributed by atoms with E-state index < -0.39 is 5.60 Å². The number of rotatable bonds is 6. The predicted octanol–water partition coefficient (Wildman–Crippen LogP) is 2.73. The minimum absolute atomic E-state index is 0.282. The van der Waals surface area contributed by atoms with Gasteiger partial charge >= 0.3 is 0 Å². The van der Waals surface area contributed by atoms with Crippen LogP contribution in [0, 0.1) is 6.92 Å². The molecule has 0 aliphatic rings. The number of ether oxygens (including phenoxy) is 1. The van der Waals surface area contributed by atoms with Crippen LogP contribution >= 0.6 is 0 Å². The van der Waals surface area contributed by atoms with Gasteiger partial charge in [0.15, 0.2) is 5.82 Å². The predicted molar refractivity (Wildman–Crippen MR) is 73.5 cm³/mol. The molecule has 1 aromatic rings. The SMILES string of the molecule is CCCNC(C)c1cnc(C(C)(C)OC)nc1C. The first-order valence-electron chi connectivity index (χ1n) is 6.55. The molecular weight excluding hydrogens is 226 g/mol. The molecule has 0 spiro atoms. The first-order chi connectivity index (χ1) is 8.42. The lowest BCUT2D eigenvalue weighted by molar-refractivity contribution is 0.0112. The van der Waals surface area contributed by atoms with Gasteiger partial charge in [-0.25, -0.2) is 9.97 Å². The van der Waals surface area contributed by atoms with Gasteiger partial charge in [-0.15, -0.1) is 0 Å². The smallest absolute Gasteiger partial charge is 0.159 e. The van der Waals surface area contributed by atoms with Gasteiger partial charge in [-0.3, -0.25) is 0 Å². The summed E-state index contributed by atoms with van der Waals surface area (Å²) in [5.74, 6) is 0.731. The van der Waals surface area contributed by atoms with Gasteiger partial charge in [-0.05, 0) is 40.7 Å². The van der Waals surface area contributed by atoms with E-state index in [-0.39, 0.29) is 6.04 Å². The van der Waals surface area contributed by atoms with E-state index in [1.807, 2.05) is 27.0 Å². The maximum absolute atomic E-state index is 5.40. The van der Waals surface area contributed by atoms with Crippen molar-refractivity contribution in [1.82, 2.24) is 15.3 Å². The zero-order valence-electron chi connectivity index (χ0n) is 12.4. The molecule has 0 saturated heterocycles. The Morgan fingerprint density at radius 2 is 2.11 bits per heavy atom. The Morgan fingerprint density at radius 3 is 2.61 bits per heavy atom. The van der Waals surface area contributed by atoms with Crippen LogP contribution < -0.4 is 5.32 Å². The Labute approximate surface area is 110 Å². The highest BCUT2D eigenvalue weighted by molar-refractivity contribution is 5.21. The number of nitrogens with one attached hydrogen (secondary N) is 1. The minimum Gasteiger partial charge on any atom is -0.371 e. The van der Waals surface area contributed by atoms with Gasteiger partial charge in [0.1, 0.15) is 5.60 Å². The van der Waals surface area contributed by atoms with Crippen molar-refractivity contribution in [3.63, 3.8) is 0 Å². The summed E-state index contributed by atoms with van der Waals surface area (Å²) in [4.78, 5) is 9.00. The van der Waals surface area contributed by atoms with Crippen molar-refractivity contribution in [2.45, 2.75) is 52.7 Å². The molecular formula is C14H25N3O. The molecule has 0 amide bonds. The Bertz CT molecular complexity index is 391. The summed E-state index contributed by atoms with van der Waals surface area (Å²) < 4.78 is 5.40. The Morgan fingerprint density at radius 1 is 1.44 bits per heavy atom. The molecule has 0 aliphatic carbocycles. The Hall–Kier alpha value is -1.00. The second-order valence-corrected chi connectivity index (χ2v) is 5.12. The summed E-state index contributed by atoms with van der Waals surface area (Å²) in [7, 11) is 1.68. The molecule has 0 aromatic carbocycles. The molecule has 4 heteroatoms. The normalized spacial score (nSPS) is 13.7. The fraction of sp³-hybridized carbons (Fsp3) is 0.714. The van der Waals surface area contributed by atoms with Gasteiger partial charge in [-0.2, -0.15) is 0 Å². The number of hydrogen-bond acceptors (Lipinski definition) is 4. The molecule has 102 valence electrons. The number of methoxy groups -OCH3 is 1. The number of aromatic nitrogens is 2. The van der Waals surface area contributed by atoms with E-state index in [4.69, 9.17) is 4.74 Å². The summed E-state index contributed by atoms with van der Waals surface area (Å²) in [5.41, 5.74) is 1.73. The van der Waals surface area contributed by atoms with Crippen molar-refractivity contribution in [2.24, 2.45) is 0 Å². The maximum atomic E-state index is 5.40. The van der Waals surface area contributed by atoms with Gasteiger partial charge in [0.25, 0.3) is 0 Å². The molecule has 0 saturated carbocycles. The number of aryl methyl sites for hydroxylation is 1. The van der Waals surface area contributed by atoms with E-state index in [0.717, 1.165) is 30.0 Å². The van der Waals surface area contributed by atoms with Crippen molar-refractivity contribution in [3.05, 3.63) is 23.3 Å². The molecule has 0 fully saturated rings. The van der Waals surface area contributed by atoms with Crippen LogP contribution in [0.5, 0.6) is 0 Å². The first kappa shape index (κ1) is 15.1. The van der Waals surface area contributed by atoms with Gasteiger partial charge in [0.2, 0.25) is 0 Å². The minimum atomic E-state index is -0.441. The van der Waals surface area contributed by atoms with Crippen LogP contribution in [-0.2, 0) is 10.3 Å². The topological polar surface area (TPSA) is 47.0 Å². The van der Waals surface area contributed by atoms with E-state index in [9.17, 15) is 0 Å². The van der Waals surface area contributed by atoms with E-state index in [0.29, 0.717) is 0 Å². The largest absolute Gasteiger partial charge is 0.371 e. The third-order valence-electron chi connectivity index (χ3n) is 3.23. The highest BCUT2D eigenvalue weighted by Crippen LogP contribution is 2.22. The van der Waals surface area contributed by atoms with Gasteiger partial charge in [0.05, 0.1) is 0 Å². The summed E-state index contributed by atoms with van der Waals surface area (Å²) in [6.07, 6.45) is 3.03. The molecule has 0 bridgehead atoms. The van der Waals surface area contributed by atoms with Crippen molar-refractivity contribution in [3.8, 4) is 0 Å². The molecule has 1 aromatic heterocycles. The second-order valence-electron chi connectivity index (χ2n) is 5.12. The number of hydrogen-bond donors (Lipinski definition) is 1. The van der Waals surface area contributed by atoms with Crippen LogP contribution in [0.1, 0.15) is 57.2 Å². The zero-order chi connectivity index (χ0) is 13.8. The van der Waals surface area contributed by atoms with Crippen LogP contribution in [0.2, 0.25) is 0 Å². The van der Waals surface area contributed by atoms with Crippen LogP contribution in [0.3, 0.4) is 0 Å². The zero-order valence-corrected chi connectivity index (χ0v) is 12.4. The van der Waals surface area contributed by atoms with Crippen LogP contribution in [-0.4, -0.2) is 23.6 Å². The monoisotopic (exact) mass is 251 g/mol. The standard InChI is InChI=1S/C14H25N3O/c1-7-8-15-10(2)12-9-16-13(17-11(12)3)14(4,5)18-6/h9-10,15H,7-8H2,1-6H3. The summed E-state index contributed by atoms with van der Waals surface area (Å²) >= 11 is 0. The van der Waals surface area contributed by atoms with Crippen LogP contribution in [0.15, 0.2) is 6.20 Å². The summed E-state index contributed by atoms with van der Waals surface area (Å²) in [6.45, 7) is 11.3. The van der Waals surface area contributed by atoms with E-state index >= 15 is 0 Å². The first-order valence-corrected chi connectivity index (χ1v) is 6.55. The molecule has 1 atom stereocenters. The van der Waals surface area contributed by atoms with E-state index in [1.54, 1.807) is 7.11 Å². The van der Waals surface area contributed by atoms with E-state index in [2.05, 4.69) is 29.1 Å². The summed E-state index contributed by atoms with van der Waals surface area (Å²) in [5, 5.41) is 3.45. The maximum Gasteiger partial charge on any atom is 0.159 e. The lowest BCUT2D eigenvalue weighted by atomic mass is 10.1. The quantitative estimate of drug-likeness (QED) is 0.844. The van der Waals surface area contributed by atoms with Crippen molar-refractivity contribution < 1.29 is 4.74 Å². The van der Waals surface area contributed by atoms with E-state index in [1.165, 1.54) is 0 Å². The van der Waals surface area contributed by atoms with Crippen molar-refractivity contribution in [2.75, 3.05) is 13.7 Å². The Balaban J connectivity index is 2.92. The average Bonchev–Trinajstić information content (AvgIpc) is 2.35. The highest BCUT2D eigenvalue weighted by atomic mass is 16.5. The molecule has 0 radical (unpaired) electrons. The molecule has 1 heterocycles. The van der Waals surface area contributed by atoms with Crippen molar-refractivity contribution >= 4 is 0 Å². The summed E-state index contributed by atoms with van der Waals surface area (Å²) in [6, 6.07) is 0.282. The lowest BCUT2D eigenvalue weighted by Crippen LogP contribution is -2.25. The molecule has 18 heavy (non-hydrogen) atoms. The third-order valence-corrected chi connectivity index (χ3v) is 3.23. The highest BCUT2D eigenvalue weighted by Gasteiger charge is 2.24. The number of nitrogens with zero attached hydrogens (tertiary/aromatic N) is 2. The van der Waals surface area contributed by atoms with Gasteiger partial charge in [-0.1, -0.05) is 6.92 Å². The fourth-order valence-electron chi connectivity index (χ4n) is 1.75. The Kier molecular flexibility index (Phi) is 5.23. The molecule has 4 nitrogen and oxygen atoms in total. The molecule has 1 unspecified atom stereocenters. The van der Waals surface area contributed by atoms with Gasteiger partial charge < -0.3 is 10.1 Å². The molecule has 1 rings (SSSR count).